The van der Waals surface area contributed by atoms with Crippen molar-refractivity contribution in [2.45, 2.75) is 39.4 Å². The smallest absolute Gasteiger partial charge is 0.338 e. The first-order valence-corrected chi connectivity index (χ1v) is 13.6. The Labute approximate surface area is 218 Å². The molecule has 0 unspecified atom stereocenters. The van der Waals surface area contributed by atoms with Crippen molar-refractivity contribution < 1.29 is 14.3 Å². The first-order valence-electron chi connectivity index (χ1n) is 11.7. The van der Waals surface area contributed by atoms with E-state index in [9.17, 15) is 9.59 Å². The molecule has 4 aromatic rings. The molecule has 0 spiro atoms. The molecule has 1 amide bonds. The minimum absolute atomic E-state index is 0.164. The first kappa shape index (κ1) is 25.7. The summed E-state index contributed by atoms with van der Waals surface area (Å²) in [5.41, 5.74) is 5.65. The lowest BCUT2D eigenvalue weighted by Gasteiger charge is -2.10. The number of amides is 1. The summed E-state index contributed by atoms with van der Waals surface area (Å²) < 4.78 is 7.03. The summed E-state index contributed by atoms with van der Waals surface area (Å²) in [6, 6.07) is 15.2. The van der Waals surface area contributed by atoms with Crippen LogP contribution in [-0.4, -0.2) is 39.0 Å². The summed E-state index contributed by atoms with van der Waals surface area (Å²) in [4.78, 5) is 25.6. The lowest BCUT2D eigenvalue weighted by atomic mass is 10.0. The van der Waals surface area contributed by atoms with E-state index in [-0.39, 0.29) is 17.6 Å². The Morgan fingerprint density at radius 3 is 2.42 bits per heavy atom. The van der Waals surface area contributed by atoms with Crippen LogP contribution in [0.3, 0.4) is 0 Å². The SMILES string of the molecule is CCOC(=O)c1ccc(NC(=O)CSc2nnc(-c3csc(C)c3-c3ccc(C)cc3)n2CC)cc1. The van der Waals surface area contributed by atoms with Gasteiger partial charge in [-0.2, -0.15) is 0 Å². The topological polar surface area (TPSA) is 86.1 Å². The number of thiophene rings is 1. The van der Waals surface area contributed by atoms with Gasteiger partial charge in [0.25, 0.3) is 0 Å². The summed E-state index contributed by atoms with van der Waals surface area (Å²) in [5, 5.41) is 14.6. The van der Waals surface area contributed by atoms with E-state index in [4.69, 9.17) is 4.74 Å². The molecule has 0 saturated heterocycles. The van der Waals surface area contributed by atoms with E-state index in [1.165, 1.54) is 27.8 Å². The number of benzene rings is 2. The number of hydrogen-bond acceptors (Lipinski definition) is 7. The number of anilines is 1. The fraction of sp³-hybridized carbons (Fsp3) is 0.259. The van der Waals surface area contributed by atoms with Crippen LogP contribution in [0.1, 0.15) is 34.6 Å². The molecule has 0 aliphatic carbocycles. The van der Waals surface area contributed by atoms with E-state index in [1.54, 1.807) is 42.5 Å². The van der Waals surface area contributed by atoms with Crippen molar-refractivity contribution in [1.29, 1.82) is 0 Å². The summed E-state index contributed by atoms with van der Waals surface area (Å²) in [5.74, 6) is 0.440. The number of nitrogens with zero attached hydrogens (tertiary/aromatic N) is 3. The van der Waals surface area contributed by atoms with E-state index in [0.29, 0.717) is 29.6 Å². The van der Waals surface area contributed by atoms with Gasteiger partial charge in [0.05, 0.1) is 17.9 Å². The van der Waals surface area contributed by atoms with Crippen molar-refractivity contribution >= 4 is 40.7 Å². The lowest BCUT2D eigenvalue weighted by Crippen LogP contribution is -2.15. The van der Waals surface area contributed by atoms with Gasteiger partial charge in [-0.3, -0.25) is 4.79 Å². The van der Waals surface area contributed by atoms with Crippen LogP contribution in [0, 0.1) is 13.8 Å². The van der Waals surface area contributed by atoms with Gasteiger partial charge in [0, 0.05) is 33.6 Å². The zero-order valence-electron chi connectivity index (χ0n) is 20.7. The molecule has 0 aliphatic rings. The van der Waals surface area contributed by atoms with Crippen LogP contribution in [0.25, 0.3) is 22.5 Å². The van der Waals surface area contributed by atoms with Crippen molar-refractivity contribution in [1.82, 2.24) is 14.8 Å². The third-order valence-electron chi connectivity index (χ3n) is 5.60. The Bertz CT molecular complexity index is 1360. The molecule has 0 bridgehead atoms. The average molecular weight is 521 g/mol. The number of aromatic nitrogens is 3. The van der Waals surface area contributed by atoms with Crippen molar-refractivity contribution in [3.63, 3.8) is 0 Å². The molecule has 0 fully saturated rings. The van der Waals surface area contributed by atoms with Crippen molar-refractivity contribution in [3.05, 3.63) is 69.9 Å². The Balaban J connectivity index is 1.46. The number of rotatable bonds is 9. The number of hydrogen-bond donors (Lipinski definition) is 1. The zero-order valence-corrected chi connectivity index (χ0v) is 22.3. The molecular formula is C27H28N4O3S2. The molecule has 186 valence electrons. The van der Waals surface area contributed by atoms with Gasteiger partial charge in [0.2, 0.25) is 5.91 Å². The minimum atomic E-state index is -0.382. The average Bonchev–Trinajstić information content (AvgIpc) is 3.46. The second-order valence-electron chi connectivity index (χ2n) is 8.13. The third-order valence-corrected chi connectivity index (χ3v) is 7.48. The predicted molar refractivity (Wildman–Crippen MR) is 146 cm³/mol. The normalized spacial score (nSPS) is 10.9. The maximum Gasteiger partial charge on any atom is 0.338 e. The maximum absolute atomic E-state index is 12.6. The standard InChI is InChI=1S/C27H28N4O3S2/c1-5-31-25(22-15-35-18(4)24(22)19-9-7-17(3)8-10-19)29-30-27(31)36-16-23(32)28-21-13-11-20(12-14-21)26(33)34-6-2/h7-15H,5-6,16H2,1-4H3,(H,28,32). The monoisotopic (exact) mass is 520 g/mol. The molecule has 4 rings (SSSR count). The van der Waals surface area contributed by atoms with Gasteiger partial charge < -0.3 is 14.6 Å². The molecule has 0 radical (unpaired) electrons. The van der Waals surface area contributed by atoms with E-state index in [2.05, 4.69) is 59.0 Å². The van der Waals surface area contributed by atoms with Gasteiger partial charge in [-0.1, -0.05) is 41.6 Å². The summed E-state index contributed by atoms with van der Waals surface area (Å²) in [6.07, 6.45) is 0. The van der Waals surface area contributed by atoms with E-state index in [1.807, 2.05) is 11.5 Å². The number of esters is 1. The van der Waals surface area contributed by atoms with Crippen LogP contribution < -0.4 is 5.32 Å². The first-order chi connectivity index (χ1) is 17.4. The molecule has 0 aliphatic heterocycles. The Hall–Kier alpha value is -3.43. The quantitative estimate of drug-likeness (QED) is 0.208. The van der Waals surface area contributed by atoms with Gasteiger partial charge in [-0.25, -0.2) is 4.79 Å². The second-order valence-corrected chi connectivity index (χ2v) is 10.2. The lowest BCUT2D eigenvalue weighted by molar-refractivity contribution is -0.113. The molecule has 9 heteroatoms. The Morgan fingerprint density at radius 2 is 1.75 bits per heavy atom. The molecule has 36 heavy (non-hydrogen) atoms. The largest absolute Gasteiger partial charge is 0.462 e. The molecule has 1 N–H and O–H groups in total. The van der Waals surface area contributed by atoms with Crippen LogP contribution in [0.4, 0.5) is 5.69 Å². The number of nitrogens with one attached hydrogen (secondary N) is 1. The number of aryl methyl sites for hydroxylation is 2. The predicted octanol–water partition coefficient (Wildman–Crippen LogP) is 6.22. The number of thioether (sulfide) groups is 1. The number of ether oxygens (including phenoxy) is 1. The number of carbonyl (C=O) groups is 2. The van der Waals surface area contributed by atoms with Crippen molar-refractivity contribution in [3.8, 4) is 22.5 Å². The molecule has 2 heterocycles. The van der Waals surface area contributed by atoms with Crippen LogP contribution in [0.15, 0.2) is 59.1 Å². The molecule has 2 aromatic heterocycles. The zero-order chi connectivity index (χ0) is 25.7. The van der Waals surface area contributed by atoms with E-state index >= 15 is 0 Å². The van der Waals surface area contributed by atoms with E-state index in [0.717, 1.165) is 17.0 Å². The summed E-state index contributed by atoms with van der Waals surface area (Å²) >= 11 is 3.04. The van der Waals surface area contributed by atoms with E-state index < -0.39 is 0 Å². The highest BCUT2D eigenvalue weighted by Crippen LogP contribution is 2.39. The highest BCUT2D eigenvalue weighted by atomic mass is 32.2. The second kappa shape index (κ2) is 11.5. The highest BCUT2D eigenvalue weighted by molar-refractivity contribution is 7.99. The molecular weight excluding hydrogens is 492 g/mol. The van der Waals surface area contributed by atoms with Crippen molar-refractivity contribution in [2.75, 3.05) is 17.7 Å². The van der Waals surface area contributed by atoms with Crippen LogP contribution in [0.2, 0.25) is 0 Å². The third kappa shape index (κ3) is 5.68. The van der Waals surface area contributed by atoms with Gasteiger partial charge in [0.15, 0.2) is 11.0 Å². The molecule has 2 aromatic carbocycles. The Morgan fingerprint density at radius 1 is 1.03 bits per heavy atom. The molecule has 0 atom stereocenters. The minimum Gasteiger partial charge on any atom is -0.462 e. The Kier molecular flexibility index (Phi) is 8.22. The summed E-state index contributed by atoms with van der Waals surface area (Å²) in [7, 11) is 0. The van der Waals surface area contributed by atoms with Gasteiger partial charge in [0.1, 0.15) is 0 Å². The van der Waals surface area contributed by atoms with Crippen LogP contribution in [-0.2, 0) is 16.1 Å². The molecule has 7 nitrogen and oxygen atoms in total. The van der Waals surface area contributed by atoms with Gasteiger partial charge in [-0.15, -0.1) is 21.5 Å². The fourth-order valence-corrected chi connectivity index (χ4v) is 5.48. The van der Waals surface area contributed by atoms with Crippen LogP contribution >= 0.6 is 23.1 Å². The summed E-state index contributed by atoms with van der Waals surface area (Å²) in [6.45, 7) is 9.01. The van der Waals surface area contributed by atoms with Gasteiger partial charge in [-0.05, 0) is 57.5 Å². The highest BCUT2D eigenvalue weighted by Gasteiger charge is 2.20. The maximum atomic E-state index is 12.6. The fourth-order valence-electron chi connectivity index (χ4n) is 3.81. The van der Waals surface area contributed by atoms with Crippen molar-refractivity contribution in [2.24, 2.45) is 0 Å². The molecule has 0 saturated carbocycles. The number of carbonyl (C=O) groups excluding carboxylic acids is 2. The van der Waals surface area contributed by atoms with Gasteiger partial charge >= 0.3 is 5.97 Å². The van der Waals surface area contributed by atoms with Crippen LogP contribution in [0.5, 0.6) is 0 Å².